The molecule has 1 rings (SSSR count). The number of nitrogens with two attached hydrogens (primary N) is 1. The molecule has 1 aromatic rings. The number of aryl methyl sites for hydroxylation is 2. The van der Waals surface area contributed by atoms with E-state index >= 15 is 0 Å². The molecule has 19 heavy (non-hydrogen) atoms. The second-order valence-corrected chi connectivity index (χ2v) is 5.63. The summed E-state index contributed by atoms with van der Waals surface area (Å²) in [5.41, 5.74) is 8.28. The third-order valence-corrected chi connectivity index (χ3v) is 3.16. The molecule has 1 aromatic carbocycles. The minimum Gasteiger partial charge on any atom is -0.496 e. The number of hydrogen-bond donors (Lipinski definition) is 1. The topological polar surface area (TPSA) is 55.6 Å². The first-order chi connectivity index (χ1) is 8.66. The lowest BCUT2D eigenvalue weighted by Crippen LogP contribution is -2.49. The Bertz CT molecular complexity index is 476. The van der Waals surface area contributed by atoms with E-state index in [1.807, 2.05) is 19.9 Å². The van der Waals surface area contributed by atoms with Gasteiger partial charge in [-0.05, 0) is 50.5 Å². The van der Waals surface area contributed by atoms with Gasteiger partial charge in [-0.25, -0.2) is 0 Å². The third-order valence-electron chi connectivity index (χ3n) is 3.16. The molecule has 4 nitrogen and oxygen atoms in total. The molecule has 0 saturated carbocycles. The summed E-state index contributed by atoms with van der Waals surface area (Å²) in [5, 5.41) is 0. The molecule has 106 valence electrons. The molecular weight excluding hydrogens is 240 g/mol. The molecule has 0 aliphatic carbocycles. The van der Waals surface area contributed by atoms with Crippen molar-refractivity contribution in [3.63, 3.8) is 0 Å². The zero-order valence-electron chi connectivity index (χ0n) is 12.7. The van der Waals surface area contributed by atoms with Gasteiger partial charge in [0.2, 0.25) is 5.91 Å². The van der Waals surface area contributed by atoms with Crippen molar-refractivity contribution in [1.82, 2.24) is 4.90 Å². The Morgan fingerprint density at radius 3 is 2.37 bits per heavy atom. The molecule has 0 heterocycles. The number of carbonyl (C=O) groups excluding carboxylic acids is 1. The number of methoxy groups -OCH3 is 1. The van der Waals surface area contributed by atoms with Crippen molar-refractivity contribution in [2.24, 2.45) is 5.73 Å². The van der Waals surface area contributed by atoms with Crippen LogP contribution in [0.25, 0.3) is 0 Å². The second kappa shape index (κ2) is 5.61. The van der Waals surface area contributed by atoms with Gasteiger partial charge in [0.15, 0.2) is 0 Å². The fourth-order valence-electron chi connectivity index (χ4n) is 2.06. The molecule has 0 saturated heterocycles. The summed E-state index contributed by atoms with van der Waals surface area (Å²) in [5.74, 6) is 0.801. The minimum atomic E-state index is -0.843. The maximum Gasteiger partial charge on any atom is 0.242 e. The van der Waals surface area contributed by atoms with Crippen molar-refractivity contribution in [2.75, 3.05) is 14.2 Å². The van der Waals surface area contributed by atoms with Crippen molar-refractivity contribution in [3.8, 4) is 5.75 Å². The highest BCUT2D eigenvalue weighted by molar-refractivity contribution is 5.84. The molecule has 0 fully saturated rings. The van der Waals surface area contributed by atoms with E-state index in [-0.39, 0.29) is 5.91 Å². The molecular formula is C15H24N2O2. The summed E-state index contributed by atoms with van der Waals surface area (Å²) < 4.78 is 5.29. The van der Waals surface area contributed by atoms with E-state index in [0.717, 1.165) is 22.4 Å². The maximum absolute atomic E-state index is 12.1. The quantitative estimate of drug-likeness (QED) is 0.905. The molecule has 0 bridgehead atoms. The third kappa shape index (κ3) is 3.70. The SMILES string of the molecule is COc1cc(C)c(CN(C)C(=O)C(C)(C)N)cc1C. The van der Waals surface area contributed by atoms with Gasteiger partial charge in [-0.1, -0.05) is 6.07 Å². The Balaban J connectivity index is 2.95. The number of benzene rings is 1. The number of hydrogen-bond acceptors (Lipinski definition) is 3. The molecule has 2 N–H and O–H groups in total. The highest BCUT2D eigenvalue weighted by Gasteiger charge is 2.25. The lowest BCUT2D eigenvalue weighted by atomic mass is 10.0. The normalized spacial score (nSPS) is 11.3. The Morgan fingerprint density at radius 2 is 1.89 bits per heavy atom. The van der Waals surface area contributed by atoms with Gasteiger partial charge < -0.3 is 15.4 Å². The first-order valence-corrected chi connectivity index (χ1v) is 6.35. The zero-order valence-corrected chi connectivity index (χ0v) is 12.7. The van der Waals surface area contributed by atoms with Gasteiger partial charge in [-0.2, -0.15) is 0 Å². The van der Waals surface area contributed by atoms with E-state index < -0.39 is 5.54 Å². The fraction of sp³-hybridized carbons (Fsp3) is 0.533. The van der Waals surface area contributed by atoms with E-state index in [9.17, 15) is 4.79 Å². The predicted molar refractivity (Wildman–Crippen MR) is 77.2 cm³/mol. The lowest BCUT2D eigenvalue weighted by molar-refractivity contribution is -0.135. The average Bonchev–Trinajstić information content (AvgIpc) is 2.31. The average molecular weight is 264 g/mol. The predicted octanol–water partition coefficient (Wildman–Crippen LogP) is 2.01. The van der Waals surface area contributed by atoms with Crippen LogP contribution < -0.4 is 10.5 Å². The van der Waals surface area contributed by atoms with Crippen molar-refractivity contribution < 1.29 is 9.53 Å². The maximum atomic E-state index is 12.1. The van der Waals surface area contributed by atoms with E-state index in [2.05, 4.69) is 6.07 Å². The van der Waals surface area contributed by atoms with E-state index in [0.29, 0.717) is 6.54 Å². The van der Waals surface area contributed by atoms with Crippen LogP contribution in [-0.4, -0.2) is 30.5 Å². The van der Waals surface area contributed by atoms with Gasteiger partial charge in [0.05, 0.1) is 12.6 Å². The van der Waals surface area contributed by atoms with Crippen LogP contribution in [0.5, 0.6) is 5.75 Å². The number of rotatable bonds is 4. The van der Waals surface area contributed by atoms with E-state index in [1.165, 1.54) is 0 Å². The standard InChI is InChI=1S/C15H24N2O2/c1-10-8-13(19-6)11(2)7-12(10)9-17(5)14(18)15(3,4)16/h7-8H,9,16H2,1-6H3. The Hall–Kier alpha value is -1.55. The van der Waals surface area contributed by atoms with E-state index in [4.69, 9.17) is 10.5 Å². The molecule has 1 amide bonds. The Labute approximate surface area is 115 Å². The van der Waals surface area contributed by atoms with Crippen LogP contribution in [-0.2, 0) is 11.3 Å². The van der Waals surface area contributed by atoms with Gasteiger partial charge in [0.25, 0.3) is 0 Å². The van der Waals surface area contributed by atoms with Crippen molar-refractivity contribution in [1.29, 1.82) is 0 Å². The van der Waals surface area contributed by atoms with Gasteiger partial charge in [0.1, 0.15) is 5.75 Å². The van der Waals surface area contributed by atoms with Gasteiger partial charge in [0, 0.05) is 13.6 Å². The summed E-state index contributed by atoms with van der Waals surface area (Å²) in [7, 11) is 3.43. The van der Waals surface area contributed by atoms with Crippen LogP contribution in [0.15, 0.2) is 12.1 Å². The number of nitrogens with zero attached hydrogens (tertiary/aromatic N) is 1. The van der Waals surface area contributed by atoms with Gasteiger partial charge in [-0.3, -0.25) is 4.79 Å². The van der Waals surface area contributed by atoms with Crippen LogP contribution in [0.3, 0.4) is 0 Å². The fourth-order valence-corrected chi connectivity index (χ4v) is 2.06. The molecule has 0 atom stereocenters. The first kappa shape index (κ1) is 15.5. The molecule has 0 aliphatic heterocycles. The zero-order chi connectivity index (χ0) is 14.8. The summed E-state index contributed by atoms with van der Waals surface area (Å²) >= 11 is 0. The number of carbonyl (C=O) groups is 1. The van der Waals surface area contributed by atoms with Crippen LogP contribution in [0.1, 0.15) is 30.5 Å². The van der Waals surface area contributed by atoms with Crippen molar-refractivity contribution >= 4 is 5.91 Å². The molecule has 4 heteroatoms. The molecule has 0 radical (unpaired) electrons. The first-order valence-electron chi connectivity index (χ1n) is 6.35. The summed E-state index contributed by atoms with van der Waals surface area (Å²) in [6.07, 6.45) is 0. The second-order valence-electron chi connectivity index (χ2n) is 5.63. The summed E-state index contributed by atoms with van der Waals surface area (Å²) in [6.45, 7) is 8.01. The highest BCUT2D eigenvalue weighted by Crippen LogP contribution is 2.23. The lowest BCUT2D eigenvalue weighted by Gasteiger charge is -2.26. The van der Waals surface area contributed by atoms with Crippen LogP contribution in [0.2, 0.25) is 0 Å². The van der Waals surface area contributed by atoms with Crippen LogP contribution in [0, 0.1) is 13.8 Å². The molecule has 0 unspecified atom stereocenters. The number of likely N-dealkylation sites (N-methyl/N-ethyl adjacent to an activating group) is 1. The van der Waals surface area contributed by atoms with Gasteiger partial charge >= 0.3 is 0 Å². The Kier molecular flexibility index (Phi) is 4.58. The Morgan fingerprint density at radius 1 is 1.32 bits per heavy atom. The number of ether oxygens (including phenoxy) is 1. The summed E-state index contributed by atoms with van der Waals surface area (Å²) in [6, 6.07) is 4.05. The van der Waals surface area contributed by atoms with Crippen LogP contribution in [0.4, 0.5) is 0 Å². The smallest absolute Gasteiger partial charge is 0.242 e. The molecule has 0 aromatic heterocycles. The monoisotopic (exact) mass is 264 g/mol. The summed E-state index contributed by atoms with van der Waals surface area (Å²) in [4.78, 5) is 13.7. The van der Waals surface area contributed by atoms with Crippen LogP contribution >= 0.6 is 0 Å². The van der Waals surface area contributed by atoms with E-state index in [1.54, 1.807) is 32.9 Å². The largest absolute Gasteiger partial charge is 0.496 e. The number of amides is 1. The van der Waals surface area contributed by atoms with Crippen molar-refractivity contribution in [3.05, 3.63) is 28.8 Å². The minimum absolute atomic E-state index is 0.0691. The van der Waals surface area contributed by atoms with Crippen molar-refractivity contribution in [2.45, 2.75) is 39.8 Å². The highest BCUT2D eigenvalue weighted by atomic mass is 16.5. The molecule has 0 aliphatic rings. The molecule has 0 spiro atoms. The van der Waals surface area contributed by atoms with Gasteiger partial charge in [-0.15, -0.1) is 0 Å².